The van der Waals surface area contributed by atoms with Crippen LogP contribution in [-0.4, -0.2) is 6.71 Å². The lowest BCUT2D eigenvalue weighted by molar-refractivity contribution is 0.488. The summed E-state index contributed by atoms with van der Waals surface area (Å²) in [7, 11) is 0. The van der Waals surface area contributed by atoms with Crippen molar-refractivity contribution < 1.29 is 4.74 Å². The number of benzene rings is 14. The topological polar surface area (TPSA) is 19.0 Å². The van der Waals surface area contributed by atoms with Crippen molar-refractivity contribution in [1.29, 1.82) is 0 Å². The van der Waals surface area contributed by atoms with E-state index in [-0.39, 0.29) is 28.4 Å². The van der Waals surface area contributed by atoms with Gasteiger partial charge < -0.3 is 19.4 Å². The van der Waals surface area contributed by atoms with Crippen LogP contribution in [0.4, 0.5) is 51.2 Å². The molecule has 0 bridgehead atoms. The van der Waals surface area contributed by atoms with Crippen LogP contribution in [-0.2, 0) is 21.7 Å². The highest BCUT2D eigenvalue weighted by Gasteiger charge is 2.44. The van der Waals surface area contributed by atoms with E-state index in [0.717, 1.165) is 129 Å². The summed E-state index contributed by atoms with van der Waals surface area (Å²) >= 11 is 0. The van der Waals surface area contributed by atoms with Gasteiger partial charge in [0.05, 0.1) is 5.69 Å². The average Bonchev–Trinajstić information content (AvgIpc) is 0.701. The van der Waals surface area contributed by atoms with Crippen molar-refractivity contribution in [1.82, 2.24) is 0 Å². The Balaban J connectivity index is 0.913. The van der Waals surface area contributed by atoms with Gasteiger partial charge in [-0.2, -0.15) is 0 Å². The fourth-order valence-corrected chi connectivity index (χ4v) is 15.3. The Morgan fingerprint density at radius 2 is 0.600 bits per heavy atom. The van der Waals surface area contributed by atoms with E-state index in [1.165, 1.54) is 38.8 Å². The fraction of sp³-hybridized carbons (Fsp3) is 0.160. The van der Waals surface area contributed by atoms with Gasteiger partial charge in [-0.3, -0.25) is 0 Å². The second kappa shape index (κ2) is 26.9. The molecule has 2 aliphatic heterocycles. The summed E-state index contributed by atoms with van der Waals surface area (Å²) in [5, 5.41) is 0. The molecule has 2 heterocycles. The van der Waals surface area contributed by atoms with Gasteiger partial charge in [0.25, 0.3) is 6.71 Å². The first kappa shape index (κ1) is 67.8. The van der Waals surface area contributed by atoms with Gasteiger partial charge in [-0.1, -0.05) is 308 Å². The molecule has 0 unspecified atom stereocenters. The standard InChI is InChI=1S/C100H90BN3O/c1-97(2,3)78-60-79(98(4,5)6)63-86(62-78)103(87-64-80(99(7,8)9)61-81(65-87)100(10,11)12)85-50-52-90-94(66-85)105-95-59-77(70-36-24-16-25-37-70)58-93-96(95)101(90)89-51-46-76(57-92(89)104(93)91-53-47-75(69-34-22-15-23-35-69)56-88(91)72-38-26-17-27-39-72)71-44-48-82(49-45-71)102(83-42-28-40-73(54-83)67-30-18-13-19-31-67)84-43-29-41-74(55-84)68-32-20-14-21-33-68/h13-66H,1-12H3. The number of rotatable bonds is 13. The zero-order chi connectivity index (χ0) is 72.5. The van der Waals surface area contributed by atoms with Crippen LogP contribution in [0.2, 0.25) is 0 Å². The van der Waals surface area contributed by atoms with Crippen molar-refractivity contribution in [3.05, 3.63) is 350 Å². The van der Waals surface area contributed by atoms with Crippen LogP contribution < -0.4 is 35.8 Å². The summed E-state index contributed by atoms with van der Waals surface area (Å²) in [6, 6.07) is 122. The van der Waals surface area contributed by atoms with Crippen molar-refractivity contribution in [2.75, 3.05) is 14.7 Å². The molecule has 514 valence electrons. The number of fused-ring (bicyclic) bond motifs is 4. The lowest BCUT2D eigenvalue weighted by Crippen LogP contribution is -2.59. The first-order valence-electron chi connectivity index (χ1n) is 37.1. The summed E-state index contributed by atoms with van der Waals surface area (Å²) in [5.41, 5.74) is 31.5. The summed E-state index contributed by atoms with van der Waals surface area (Å²) in [6.45, 7) is 27.8. The van der Waals surface area contributed by atoms with E-state index in [9.17, 15) is 0 Å². The van der Waals surface area contributed by atoms with Crippen molar-refractivity contribution in [2.24, 2.45) is 0 Å². The zero-order valence-corrected chi connectivity index (χ0v) is 62.5. The highest BCUT2D eigenvalue weighted by atomic mass is 16.5. The van der Waals surface area contributed by atoms with Gasteiger partial charge in [0.2, 0.25) is 0 Å². The van der Waals surface area contributed by atoms with E-state index in [1.54, 1.807) is 0 Å². The lowest BCUT2D eigenvalue weighted by Gasteiger charge is -2.41. The second-order valence-corrected chi connectivity index (χ2v) is 32.7. The van der Waals surface area contributed by atoms with Crippen LogP contribution in [0.1, 0.15) is 105 Å². The quantitative estimate of drug-likeness (QED) is 0.107. The molecule has 105 heavy (non-hydrogen) atoms. The van der Waals surface area contributed by atoms with Gasteiger partial charge in [-0.25, -0.2) is 0 Å². The Bertz CT molecular complexity index is 5320. The molecule has 4 nitrogen and oxygen atoms in total. The van der Waals surface area contributed by atoms with Crippen molar-refractivity contribution in [3.63, 3.8) is 0 Å². The first-order valence-corrected chi connectivity index (χ1v) is 37.1. The Kier molecular flexibility index (Phi) is 17.4. The third-order valence-corrected chi connectivity index (χ3v) is 21.3. The van der Waals surface area contributed by atoms with Gasteiger partial charge in [-0.15, -0.1) is 0 Å². The van der Waals surface area contributed by atoms with Crippen molar-refractivity contribution >= 4 is 74.3 Å². The van der Waals surface area contributed by atoms with Gasteiger partial charge in [0, 0.05) is 57.1 Å². The van der Waals surface area contributed by atoms with Crippen LogP contribution in [0.15, 0.2) is 328 Å². The first-order chi connectivity index (χ1) is 50.6. The SMILES string of the molecule is CC(C)(C)c1cc(N(c2cc(C(C)(C)C)cc(C(C)(C)C)c2)c2ccc3c(c2)Oc2cc(-c4ccccc4)cc4c2B3c2ccc(-c3ccc(N(c5cccc(-c6ccccc6)c5)c5cccc(-c6ccccc6)c5)cc3)cc2N4c2ccc(-c3ccccc3)cc2-c2ccccc2)cc(C(C)(C)C)c1. The number of ether oxygens (including phenoxy) is 1. The average molecular weight is 1360 g/mol. The molecule has 0 radical (unpaired) electrons. The van der Waals surface area contributed by atoms with E-state index < -0.39 is 0 Å². The van der Waals surface area contributed by atoms with E-state index >= 15 is 0 Å². The minimum Gasteiger partial charge on any atom is -0.458 e. The molecule has 0 saturated heterocycles. The summed E-state index contributed by atoms with van der Waals surface area (Å²) in [4.78, 5) is 7.47. The molecule has 14 aromatic rings. The summed E-state index contributed by atoms with van der Waals surface area (Å²) < 4.78 is 7.74. The molecule has 16 rings (SSSR count). The molecular formula is C100H90BN3O. The molecule has 0 saturated carbocycles. The summed E-state index contributed by atoms with van der Waals surface area (Å²) in [5.74, 6) is 1.68. The molecule has 0 fully saturated rings. The Labute approximate surface area is 622 Å². The van der Waals surface area contributed by atoms with Crippen LogP contribution in [0.25, 0.3) is 66.8 Å². The molecule has 0 amide bonds. The molecule has 0 N–H and O–H groups in total. The number of hydrogen-bond acceptors (Lipinski definition) is 4. The minimum absolute atomic E-state index is 0.118. The lowest BCUT2D eigenvalue weighted by atomic mass is 9.34. The maximum atomic E-state index is 7.74. The molecule has 0 atom stereocenters. The molecule has 2 aliphatic rings. The van der Waals surface area contributed by atoms with Crippen molar-refractivity contribution in [2.45, 2.75) is 105 Å². The van der Waals surface area contributed by atoms with Gasteiger partial charge >= 0.3 is 0 Å². The largest absolute Gasteiger partial charge is 0.458 e. The number of nitrogens with zero attached hydrogens (tertiary/aromatic N) is 3. The van der Waals surface area contributed by atoms with E-state index in [0.29, 0.717) is 0 Å². The molecule has 5 heteroatoms. The van der Waals surface area contributed by atoms with Gasteiger partial charge in [0.1, 0.15) is 11.5 Å². The second-order valence-electron chi connectivity index (χ2n) is 32.7. The monoisotopic (exact) mass is 1360 g/mol. The zero-order valence-electron chi connectivity index (χ0n) is 62.5. The predicted molar refractivity (Wildman–Crippen MR) is 449 cm³/mol. The Morgan fingerprint density at radius 3 is 1.08 bits per heavy atom. The van der Waals surface area contributed by atoms with E-state index in [1.807, 2.05) is 0 Å². The maximum Gasteiger partial charge on any atom is 0.256 e. The van der Waals surface area contributed by atoms with Crippen LogP contribution in [0.5, 0.6) is 11.5 Å². The maximum absolute atomic E-state index is 7.74. The predicted octanol–water partition coefficient (Wildman–Crippen LogP) is 26.2. The fourth-order valence-electron chi connectivity index (χ4n) is 15.3. The summed E-state index contributed by atoms with van der Waals surface area (Å²) in [6.07, 6.45) is 0. The highest BCUT2D eigenvalue weighted by Crippen LogP contribution is 2.51. The van der Waals surface area contributed by atoms with Crippen LogP contribution in [0.3, 0.4) is 0 Å². The Morgan fingerprint density at radius 1 is 0.238 bits per heavy atom. The smallest absolute Gasteiger partial charge is 0.256 e. The van der Waals surface area contributed by atoms with E-state index in [4.69, 9.17) is 4.74 Å². The molecule has 0 spiro atoms. The minimum atomic E-state index is -0.210. The van der Waals surface area contributed by atoms with E-state index in [2.05, 4.69) is 425 Å². The molecule has 0 aliphatic carbocycles. The third kappa shape index (κ3) is 13.4. The Hall–Kier alpha value is -11.7. The molecule has 0 aromatic heterocycles. The van der Waals surface area contributed by atoms with Crippen LogP contribution in [0, 0.1) is 0 Å². The van der Waals surface area contributed by atoms with Crippen molar-refractivity contribution in [3.8, 4) is 78.3 Å². The molecule has 14 aromatic carbocycles. The van der Waals surface area contributed by atoms with Crippen LogP contribution >= 0.6 is 0 Å². The number of anilines is 9. The third-order valence-electron chi connectivity index (χ3n) is 21.3. The normalized spacial score (nSPS) is 12.6. The highest BCUT2D eigenvalue weighted by molar-refractivity contribution is 6.99. The number of hydrogen-bond donors (Lipinski definition) is 0. The molecular weight excluding hydrogens is 1270 g/mol. The van der Waals surface area contributed by atoms with Gasteiger partial charge in [0.15, 0.2) is 0 Å². The van der Waals surface area contributed by atoms with Gasteiger partial charge in [-0.05, 0) is 219 Å².